The fourth-order valence-corrected chi connectivity index (χ4v) is 3.30. The Morgan fingerprint density at radius 3 is 2.71 bits per heavy atom. The van der Waals surface area contributed by atoms with Gasteiger partial charge in [0.25, 0.3) is 0 Å². The molecule has 1 N–H and O–H groups in total. The first-order valence-electron chi connectivity index (χ1n) is 8.28. The third kappa shape index (κ3) is 4.11. The summed E-state index contributed by atoms with van der Waals surface area (Å²) in [4.78, 5) is 18.2. The molecule has 1 aromatic carbocycles. The monoisotopic (exact) mass is 325 g/mol. The lowest BCUT2D eigenvalue weighted by atomic mass is 9.88. The minimum absolute atomic E-state index is 0.0374. The van der Waals surface area contributed by atoms with E-state index in [4.69, 9.17) is 4.74 Å². The van der Waals surface area contributed by atoms with Gasteiger partial charge in [0.1, 0.15) is 0 Å². The summed E-state index contributed by atoms with van der Waals surface area (Å²) in [5, 5.41) is 2.99. The zero-order valence-electron chi connectivity index (χ0n) is 13.9. The Morgan fingerprint density at radius 1 is 1.25 bits per heavy atom. The molecular formula is C19H23N3O2. The summed E-state index contributed by atoms with van der Waals surface area (Å²) in [5.41, 5.74) is 2.53. The Hall–Kier alpha value is -2.40. The first-order chi connectivity index (χ1) is 11.8. The number of hydrogen-bond donors (Lipinski definition) is 1. The van der Waals surface area contributed by atoms with E-state index in [1.165, 1.54) is 18.2 Å². The van der Waals surface area contributed by atoms with Crippen LogP contribution in [0.1, 0.15) is 29.9 Å². The number of aromatic nitrogens is 1. The van der Waals surface area contributed by atoms with Gasteiger partial charge in [-0.1, -0.05) is 30.3 Å². The molecule has 2 aromatic rings. The van der Waals surface area contributed by atoms with E-state index in [-0.39, 0.29) is 12.3 Å². The predicted molar refractivity (Wildman–Crippen MR) is 92.4 cm³/mol. The number of hydrogen-bond acceptors (Lipinski definition) is 4. The highest BCUT2D eigenvalue weighted by Gasteiger charge is 2.30. The summed E-state index contributed by atoms with van der Waals surface area (Å²) in [6, 6.07) is 14.5. The zero-order chi connectivity index (χ0) is 16.8. The third-order valence-electron chi connectivity index (χ3n) is 4.59. The molecule has 0 saturated carbocycles. The van der Waals surface area contributed by atoms with E-state index in [9.17, 15) is 4.79 Å². The van der Waals surface area contributed by atoms with Crippen LogP contribution in [0, 0.1) is 0 Å². The largest absolute Gasteiger partial charge is 0.453 e. The van der Waals surface area contributed by atoms with Gasteiger partial charge in [0.2, 0.25) is 0 Å². The Morgan fingerprint density at radius 2 is 2.00 bits per heavy atom. The number of nitrogens with zero attached hydrogens (tertiary/aromatic N) is 2. The topological polar surface area (TPSA) is 54.5 Å². The Labute approximate surface area is 142 Å². The molecule has 5 heteroatoms. The molecule has 0 spiro atoms. The molecule has 0 aliphatic carbocycles. The standard InChI is InChI=1S/C19H23N3O2/c1-24-19(23)21-18-13-17(16-7-10-20-11-8-16)9-12-22(18)14-15-5-3-2-4-6-15/h2-8,10-11,17-18H,9,12-14H2,1H3,(H,21,23). The Kier molecular flexibility index (Phi) is 5.43. The molecule has 3 rings (SSSR count). The van der Waals surface area contributed by atoms with Gasteiger partial charge in [0, 0.05) is 25.5 Å². The number of piperidine rings is 1. The fourth-order valence-electron chi connectivity index (χ4n) is 3.30. The number of carbonyl (C=O) groups excluding carboxylic acids is 1. The molecule has 1 fully saturated rings. The van der Waals surface area contributed by atoms with E-state index in [2.05, 4.69) is 39.5 Å². The average molecular weight is 325 g/mol. The molecule has 5 nitrogen and oxygen atoms in total. The van der Waals surface area contributed by atoms with Crippen molar-refractivity contribution in [2.45, 2.75) is 31.5 Å². The minimum atomic E-state index is -0.381. The molecule has 2 atom stereocenters. The van der Waals surface area contributed by atoms with E-state index < -0.39 is 0 Å². The van der Waals surface area contributed by atoms with Crippen LogP contribution in [0.5, 0.6) is 0 Å². The first-order valence-corrected chi connectivity index (χ1v) is 8.28. The highest BCUT2D eigenvalue weighted by Crippen LogP contribution is 2.31. The quantitative estimate of drug-likeness (QED) is 0.938. The maximum atomic E-state index is 11.8. The highest BCUT2D eigenvalue weighted by atomic mass is 16.5. The maximum absolute atomic E-state index is 11.8. The molecule has 1 aliphatic rings. The van der Waals surface area contributed by atoms with Crippen LogP contribution in [-0.4, -0.2) is 35.8 Å². The molecule has 24 heavy (non-hydrogen) atoms. The lowest BCUT2D eigenvalue weighted by Crippen LogP contribution is -2.51. The van der Waals surface area contributed by atoms with Gasteiger partial charge in [0.15, 0.2) is 0 Å². The third-order valence-corrected chi connectivity index (χ3v) is 4.59. The molecule has 1 aliphatic heterocycles. The van der Waals surface area contributed by atoms with E-state index in [1.54, 1.807) is 0 Å². The smallest absolute Gasteiger partial charge is 0.408 e. The van der Waals surface area contributed by atoms with Crippen molar-refractivity contribution in [2.75, 3.05) is 13.7 Å². The van der Waals surface area contributed by atoms with E-state index >= 15 is 0 Å². The van der Waals surface area contributed by atoms with Crippen molar-refractivity contribution in [1.82, 2.24) is 15.2 Å². The van der Waals surface area contributed by atoms with Gasteiger partial charge in [-0.15, -0.1) is 0 Å². The number of likely N-dealkylation sites (tertiary alicyclic amines) is 1. The van der Waals surface area contributed by atoms with Crippen LogP contribution < -0.4 is 5.32 Å². The number of rotatable bonds is 4. The highest BCUT2D eigenvalue weighted by molar-refractivity contribution is 5.67. The molecule has 0 bridgehead atoms. The molecule has 1 aromatic heterocycles. The lowest BCUT2D eigenvalue weighted by Gasteiger charge is -2.39. The summed E-state index contributed by atoms with van der Waals surface area (Å²) in [5.74, 6) is 0.419. The summed E-state index contributed by atoms with van der Waals surface area (Å²) < 4.78 is 4.81. The van der Waals surface area contributed by atoms with Crippen molar-refractivity contribution in [3.05, 3.63) is 66.0 Å². The van der Waals surface area contributed by atoms with Crippen LogP contribution in [-0.2, 0) is 11.3 Å². The van der Waals surface area contributed by atoms with Gasteiger partial charge in [-0.25, -0.2) is 4.79 Å². The van der Waals surface area contributed by atoms with Crippen LogP contribution in [0.3, 0.4) is 0 Å². The number of alkyl carbamates (subject to hydrolysis) is 1. The molecule has 2 unspecified atom stereocenters. The maximum Gasteiger partial charge on any atom is 0.408 e. The Bertz CT molecular complexity index is 648. The first kappa shape index (κ1) is 16.5. The molecule has 0 radical (unpaired) electrons. The Balaban J connectivity index is 1.73. The molecule has 1 saturated heterocycles. The molecule has 126 valence electrons. The van der Waals surface area contributed by atoms with Crippen molar-refractivity contribution < 1.29 is 9.53 Å². The van der Waals surface area contributed by atoms with E-state index in [0.29, 0.717) is 5.92 Å². The van der Waals surface area contributed by atoms with Gasteiger partial charge in [-0.3, -0.25) is 9.88 Å². The number of carbonyl (C=O) groups is 1. The number of amides is 1. The zero-order valence-corrected chi connectivity index (χ0v) is 13.9. The van der Waals surface area contributed by atoms with Crippen LogP contribution in [0.2, 0.25) is 0 Å². The molecular weight excluding hydrogens is 302 g/mol. The average Bonchev–Trinajstić information content (AvgIpc) is 2.64. The summed E-state index contributed by atoms with van der Waals surface area (Å²) in [6.07, 6.45) is 5.17. The van der Waals surface area contributed by atoms with Crippen molar-refractivity contribution in [3.8, 4) is 0 Å². The number of nitrogens with one attached hydrogen (secondary N) is 1. The number of pyridine rings is 1. The second kappa shape index (κ2) is 7.93. The van der Waals surface area contributed by atoms with Gasteiger partial charge in [-0.05, 0) is 42.0 Å². The SMILES string of the molecule is COC(=O)NC1CC(c2ccncc2)CCN1Cc1ccccc1. The van der Waals surface area contributed by atoms with Gasteiger partial charge in [0.05, 0.1) is 13.3 Å². The van der Waals surface area contributed by atoms with Crippen molar-refractivity contribution in [2.24, 2.45) is 0 Å². The van der Waals surface area contributed by atoms with Gasteiger partial charge in [-0.2, -0.15) is 0 Å². The number of ether oxygens (including phenoxy) is 1. The van der Waals surface area contributed by atoms with Gasteiger partial charge >= 0.3 is 6.09 Å². The van der Waals surface area contributed by atoms with Crippen LogP contribution >= 0.6 is 0 Å². The minimum Gasteiger partial charge on any atom is -0.453 e. The summed E-state index contributed by atoms with van der Waals surface area (Å²) >= 11 is 0. The number of benzene rings is 1. The van der Waals surface area contributed by atoms with Crippen LogP contribution in [0.15, 0.2) is 54.9 Å². The summed E-state index contributed by atoms with van der Waals surface area (Å²) in [6.45, 7) is 1.75. The van der Waals surface area contributed by atoms with Crippen LogP contribution in [0.4, 0.5) is 4.79 Å². The van der Waals surface area contributed by atoms with Crippen molar-refractivity contribution in [3.63, 3.8) is 0 Å². The van der Waals surface area contributed by atoms with Crippen molar-refractivity contribution in [1.29, 1.82) is 0 Å². The lowest BCUT2D eigenvalue weighted by molar-refractivity contribution is 0.0895. The number of methoxy groups -OCH3 is 1. The second-order valence-electron chi connectivity index (χ2n) is 6.11. The van der Waals surface area contributed by atoms with Crippen LogP contribution in [0.25, 0.3) is 0 Å². The molecule has 2 heterocycles. The second-order valence-corrected chi connectivity index (χ2v) is 6.11. The predicted octanol–water partition coefficient (Wildman–Crippen LogP) is 3.14. The fraction of sp³-hybridized carbons (Fsp3) is 0.368. The van der Waals surface area contributed by atoms with E-state index in [0.717, 1.165) is 25.9 Å². The normalized spacial score (nSPS) is 21.2. The summed E-state index contributed by atoms with van der Waals surface area (Å²) in [7, 11) is 1.40. The van der Waals surface area contributed by atoms with E-state index in [1.807, 2.05) is 30.6 Å². The molecule has 1 amide bonds. The van der Waals surface area contributed by atoms with Gasteiger partial charge < -0.3 is 10.1 Å². The van der Waals surface area contributed by atoms with Crippen molar-refractivity contribution >= 4 is 6.09 Å².